The summed E-state index contributed by atoms with van der Waals surface area (Å²) in [6.45, 7) is 2.12. The van der Waals surface area contributed by atoms with Crippen molar-refractivity contribution in [2.45, 2.75) is 19.0 Å². The molecule has 2 heteroatoms. The van der Waals surface area contributed by atoms with Crippen LogP contribution in [0.3, 0.4) is 0 Å². The average Bonchev–Trinajstić information content (AvgIpc) is 2.33. The summed E-state index contributed by atoms with van der Waals surface area (Å²) in [6.07, 6.45) is 9.06. The zero-order valence-electron chi connectivity index (χ0n) is 9.93. The molecule has 0 bridgehead atoms. The molecule has 4 N–H and O–H groups in total. The van der Waals surface area contributed by atoms with Crippen molar-refractivity contribution in [3.8, 4) is 0 Å². The SMILES string of the molecule is C[NH2+]C1C=CC([NH2+]c2ccc(C)cc2)C=C1. The Morgan fingerprint density at radius 3 is 2.00 bits per heavy atom. The van der Waals surface area contributed by atoms with Gasteiger partial charge in [-0.2, -0.15) is 0 Å². The molecule has 84 valence electrons. The van der Waals surface area contributed by atoms with Crippen molar-refractivity contribution < 1.29 is 10.6 Å². The maximum atomic E-state index is 2.29. The van der Waals surface area contributed by atoms with Gasteiger partial charge in [-0.15, -0.1) is 0 Å². The van der Waals surface area contributed by atoms with Crippen LogP contribution in [-0.4, -0.2) is 19.1 Å². The molecule has 0 spiro atoms. The molecule has 0 unspecified atom stereocenters. The van der Waals surface area contributed by atoms with Gasteiger partial charge in [0.25, 0.3) is 0 Å². The molecule has 2 nitrogen and oxygen atoms in total. The topological polar surface area (TPSA) is 33.2 Å². The lowest BCUT2D eigenvalue weighted by Gasteiger charge is -2.13. The summed E-state index contributed by atoms with van der Waals surface area (Å²) in [5.41, 5.74) is 2.61. The number of rotatable bonds is 3. The minimum absolute atomic E-state index is 0.443. The highest BCUT2D eigenvalue weighted by Gasteiger charge is 2.12. The highest BCUT2D eigenvalue weighted by Crippen LogP contribution is 2.04. The van der Waals surface area contributed by atoms with E-state index in [4.69, 9.17) is 0 Å². The summed E-state index contributed by atoms with van der Waals surface area (Å²) in [5, 5.41) is 4.49. The normalized spacial score (nSPS) is 23.6. The number of aryl methyl sites for hydroxylation is 1. The van der Waals surface area contributed by atoms with Crippen molar-refractivity contribution in [1.82, 2.24) is 0 Å². The Labute approximate surface area is 97.1 Å². The van der Waals surface area contributed by atoms with Gasteiger partial charge in [0, 0.05) is 0 Å². The highest BCUT2D eigenvalue weighted by atomic mass is 14.9. The van der Waals surface area contributed by atoms with Gasteiger partial charge in [-0.05, 0) is 43.4 Å². The highest BCUT2D eigenvalue weighted by molar-refractivity contribution is 5.32. The molecule has 0 fully saturated rings. The van der Waals surface area contributed by atoms with E-state index >= 15 is 0 Å². The lowest BCUT2D eigenvalue weighted by molar-refractivity contribution is -0.643. The van der Waals surface area contributed by atoms with E-state index in [0.29, 0.717) is 12.1 Å². The molecule has 0 radical (unpaired) electrons. The van der Waals surface area contributed by atoms with Crippen molar-refractivity contribution in [2.75, 3.05) is 7.05 Å². The molecule has 0 amide bonds. The van der Waals surface area contributed by atoms with Crippen LogP contribution in [0.1, 0.15) is 5.56 Å². The molecule has 1 aliphatic rings. The Hall–Kier alpha value is -1.38. The molecule has 1 aromatic carbocycles. The summed E-state index contributed by atoms with van der Waals surface area (Å²) in [6, 6.07) is 9.63. The predicted octanol–water partition coefficient (Wildman–Crippen LogP) is 0.246. The van der Waals surface area contributed by atoms with Gasteiger partial charge in [0.1, 0.15) is 17.8 Å². The van der Waals surface area contributed by atoms with Crippen LogP contribution < -0.4 is 10.6 Å². The minimum Gasteiger partial charge on any atom is -0.340 e. The Kier molecular flexibility index (Phi) is 3.54. The van der Waals surface area contributed by atoms with Crippen LogP contribution >= 0.6 is 0 Å². The van der Waals surface area contributed by atoms with E-state index in [2.05, 4.69) is 73.2 Å². The fourth-order valence-electron chi connectivity index (χ4n) is 1.87. The van der Waals surface area contributed by atoms with E-state index in [0.717, 1.165) is 0 Å². The summed E-state index contributed by atoms with van der Waals surface area (Å²) in [5.74, 6) is 0. The second kappa shape index (κ2) is 5.10. The Bertz CT molecular complexity index is 376. The van der Waals surface area contributed by atoms with Crippen LogP contribution in [0.25, 0.3) is 0 Å². The Morgan fingerprint density at radius 1 is 0.875 bits per heavy atom. The second-order valence-electron chi connectivity index (χ2n) is 4.34. The van der Waals surface area contributed by atoms with Crippen LogP contribution in [0.5, 0.6) is 0 Å². The standard InChI is InChI=1S/C14H18N2/c1-11-3-5-13(6-4-11)16-14-9-7-12(15-2)8-10-14/h3-10,12,14-16H,1-2H3/p+2. The predicted molar refractivity (Wildman–Crippen MR) is 66.5 cm³/mol. The lowest BCUT2D eigenvalue weighted by atomic mass is 10.1. The number of benzene rings is 1. The van der Waals surface area contributed by atoms with Gasteiger partial charge in [0.05, 0.1) is 7.05 Å². The molecule has 1 aliphatic carbocycles. The quantitative estimate of drug-likeness (QED) is 0.536. The molecule has 2 rings (SSSR count). The van der Waals surface area contributed by atoms with Gasteiger partial charge in [-0.1, -0.05) is 17.7 Å². The number of hydrogen-bond acceptors (Lipinski definition) is 0. The van der Waals surface area contributed by atoms with Crippen molar-refractivity contribution in [3.63, 3.8) is 0 Å². The number of hydrogen-bond donors (Lipinski definition) is 2. The summed E-state index contributed by atoms with van der Waals surface area (Å²) >= 11 is 0. The first-order chi connectivity index (χ1) is 7.78. The Balaban J connectivity index is 1.97. The van der Waals surface area contributed by atoms with E-state index < -0.39 is 0 Å². The van der Waals surface area contributed by atoms with Crippen LogP contribution in [0, 0.1) is 6.92 Å². The fraction of sp³-hybridized carbons (Fsp3) is 0.286. The smallest absolute Gasteiger partial charge is 0.130 e. The van der Waals surface area contributed by atoms with E-state index in [1.807, 2.05) is 0 Å². The van der Waals surface area contributed by atoms with E-state index in [-0.39, 0.29) is 0 Å². The van der Waals surface area contributed by atoms with Gasteiger partial charge in [-0.25, -0.2) is 0 Å². The first-order valence-corrected chi connectivity index (χ1v) is 5.85. The molecular formula is C14H20N2+2. The van der Waals surface area contributed by atoms with Crippen LogP contribution in [0.4, 0.5) is 5.69 Å². The van der Waals surface area contributed by atoms with Crippen molar-refractivity contribution in [1.29, 1.82) is 0 Å². The van der Waals surface area contributed by atoms with E-state index in [1.54, 1.807) is 0 Å². The monoisotopic (exact) mass is 216 g/mol. The van der Waals surface area contributed by atoms with Gasteiger partial charge in [-0.3, -0.25) is 0 Å². The Morgan fingerprint density at radius 2 is 1.44 bits per heavy atom. The molecule has 0 aliphatic heterocycles. The second-order valence-corrected chi connectivity index (χ2v) is 4.34. The number of quaternary nitrogens is 2. The van der Waals surface area contributed by atoms with Gasteiger partial charge >= 0.3 is 0 Å². The van der Waals surface area contributed by atoms with Crippen LogP contribution in [0.15, 0.2) is 48.6 Å². The zero-order chi connectivity index (χ0) is 11.4. The number of likely N-dealkylation sites (N-methyl/N-ethyl adjacent to an activating group) is 1. The van der Waals surface area contributed by atoms with Crippen molar-refractivity contribution in [2.24, 2.45) is 0 Å². The summed E-state index contributed by atoms with van der Waals surface area (Å²) in [7, 11) is 2.10. The fourth-order valence-corrected chi connectivity index (χ4v) is 1.87. The molecule has 16 heavy (non-hydrogen) atoms. The average molecular weight is 216 g/mol. The van der Waals surface area contributed by atoms with Crippen molar-refractivity contribution in [3.05, 3.63) is 54.1 Å². The van der Waals surface area contributed by atoms with E-state index in [1.165, 1.54) is 11.3 Å². The summed E-state index contributed by atoms with van der Waals surface area (Å²) < 4.78 is 0. The molecule has 0 saturated carbocycles. The minimum atomic E-state index is 0.443. The van der Waals surface area contributed by atoms with Crippen molar-refractivity contribution >= 4 is 5.69 Å². The maximum absolute atomic E-state index is 2.29. The van der Waals surface area contributed by atoms with E-state index in [9.17, 15) is 0 Å². The third-order valence-corrected chi connectivity index (χ3v) is 2.96. The molecule has 0 heterocycles. The first-order valence-electron chi connectivity index (χ1n) is 5.85. The third-order valence-electron chi connectivity index (χ3n) is 2.96. The van der Waals surface area contributed by atoms with Crippen LogP contribution in [-0.2, 0) is 0 Å². The largest absolute Gasteiger partial charge is 0.340 e. The number of nitrogens with two attached hydrogens (primary N) is 2. The zero-order valence-corrected chi connectivity index (χ0v) is 9.93. The summed E-state index contributed by atoms with van der Waals surface area (Å²) in [4.78, 5) is 0. The molecule has 0 atom stereocenters. The molecule has 0 saturated heterocycles. The van der Waals surface area contributed by atoms with Gasteiger partial charge in [0.2, 0.25) is 0 Å². The molecular weight excluding hydrogens is 196 g/mol. The van der Waals surface area contributed by atoms with Gasteiger partial charge < -0.3 is 10.6 Å². The lowest BCUT2D eigenvalue weighted by Crippen LogP contribution is -2.87. The van der Waals surface area contributed by atoms with Gasteiger partial charge in [0.15, 0.2) is 0 Å². The third kappa shape index (κ3) is 2.81. The van der Waals surface area contributed by atoms with Crippen LogP contribution in [0.2, 0.25) is 0 Å². The molecule has 1 aromatic rings. The maximum Gasteiger partial charge on any atom is 0.130 e. The first kappa shape index (κ1) is 11.1. The molecule has 0 aromatic heterocycles.